The monoisotopic (exact) mass is 511 g/mol. The number of aromatic amines is 1. The predicted molar refractivity (Wildman–Crippen MR) is 149 cm³/mol. The number of hydrogen-bond donors (Lipinski definition) is 1. The van der Waals surface area contributed by atoms with Crippen LogP contribution in [0.1, 0.15) is 76.8 Å². The number of halogens is 1. The summed E-state index contributed by atoms with van der Waals surface area (Å²) in [7, 11) is 0. The molecule has 7 heteroatoms. The number of nitrogens with one attached hydrogen (secondary N) is 1. The van der Waals surface area contributed by atoms with Crippen molar-refractivity contribution in [1.29, 1.82) is 0 Å². The number of tetrazole rings is 1. The molecule has 2 heterocycles. The Hall–Kier alpha value is -2.31. The van der Waals surface area contributed by atoms with Gasteiger partial charge in [-0.15, -0.1) is 22.0 Å². The van der Waals surface area contributed by atoms with Crippen LogP contribution in [0.25, 0.3) is 6.08 Å². The number of rotatable bonds is 9. The van der Waals surface area contributed by atoms with E-state index in [2.05, 4.69) is 105 Å². The van der Waals surface area contributed by atoms with E-state index in [4.69, 9.17) is 11.6 Å². The van der Waals surface area contributed by atoms with Gasteiger partial charge in [-0.25, -0.2) is 0 Å². The summed E-state index contributed by atoms with van der Waals surface area (Å²) in [5.74, 6) is 1.10. The number of nitrogens with zero attached hydrogens (tertiary/aromatic N) is 4. The van der Waals surface area contributed by atoms with Crippen molar-refractivity contribution in [1.82, 2.24) is 25.2 Å². The summed E-state index contributed by atoms with van der Waals surface area (Å²) in [6.07, 6.45) is 5.08. The van der Waals surface area contributed by atoms with Crippen molar-refractivity contribution in [2.45, 2.75) is 83.4 Å². The highest BCUT2D eigenvalue weighted by atomic mass is 35.5. The maximum Gasteiger partial charge on any atom is 0.180 e. The van der Waals surface area contributed by atoms with E-state index >= 15 is 0 Å². The van der Waals surface area contributed by atoms with Crippen LogP contribution in [-0.2, 0) is 18.4 Å². The number of aromatic nitrogens is 5. The lowest BCUT2D eigenvalue weighted by atomic mass is 9.86. The van der Waals surface area contributed by atoms with E-state index in [9.17, 15) is 0 Å². The van der Waals surface area contributed by atoms with Crippen molar-refractivity contribution in [3.05, 3.63) is 75.9 Å². The largest absolute Gasteiger partial charge is 0.343 e. The van der Waals surface area contributed by atoms with E-state index in [1.54, 1.807) is 0 Å². The third-order valence-electron chi connectivity index (χ3n) is 6.06. The fourth-order valence-electron chi connectivity index (χ4n) is 4.12. The van der Waals surface area contributed by atoms with E-state index in [1.807, 2.05) is 30.0 Å². The molecule has 0 aliphatic carbocycles. The summed E-state index contributed by atoms with van der Waals surface area (Å²) in [6, 6.07) is 8.12. The molecule has 3 aromatic rings. The summed E-state index contributed by atoms with van der Waals surface area (Å²) in [4.78, 5) is 1.31. The third kappa shape index (κ3) is 6.68. The van der Waals surface area contributed by atoms with Crippen LogP contribution in [0.15, 0.2) is 47.4 Å². The zero-order chi connectivity index (χ0) is 26.0. The Balaban J connectivity index is 2.27. The van der Waals surface area contributed by atoms with Crippen LogP contribution in [0, 0.1) is 12.8 Å². The Morgan fingerprint density at radius 3 is 2.34 bits per heavy atom. The van der Waals surface area contributed by atoms with Gasteiger partial charge < -0.3 is 4.57 Å². The van der Waals surface area contributed by atoms with Crippen LogP contribution in [-0.4, -0.2) is 29.9 Å². The van der Waals surface area contributed by atoms with Gasteiger partial charge in [0.25, 0.3) is 0 Å². The smallest absolute Gasteiger partial charge is 0.180 e. The highest BCUT2D eigenvalue weighted by molar-refractivity contribution is 8.00. The molecule has 5 nitrogen and oxygen atoms in total. The second-order valence-corrected chi connectivity index (χ2v) is 13.3. The molecule has 0 amide bonds. The van der Waals surface area contributed by atoms with Gasteiger partial charge in [0.2, 0.25) is 0 Å². The lowest BCUT2D eigenvalue weighted by molar-refractivity contribution is 0.466. The van der Waals surface area contributed by atoms with Crippen molar-refractivity contribution in [2.24, 2.45) is 5.92 Å². The van der Waals surface area contributed by atoms with E-state index in [-0.39, 0.29) is 10.2 Å². The molecular weight excluding hydrogens is 474 g/mol. The normalized spacial score (nSPS) is 13.0. The molecule has 0 aliphatic rings. The lowest BCUT2D eigenvalue weighted by Gasteiger charge is -2.25. The van der Waals surface area contributed by atoms with Crippen LogP contribution in [0.4, 0.5) is 0 Å². The van der Waals surface area contributed by atoms with Crippen molar-refractivity contribution in [2.75, 3.05) is 0 Å². The molecule has 0 aliphatic heterocycles. The van der Waals surface area contributed by atoms with Crippen molar-refractivity contribution in [3.63, 3.8) is 0 Å². The molecule has 2 aromatic heterocycles. The summed E-state index contributed by atoms with van der Waals surface area (Å²) in [5, 5.41) is 15.8. The topological polar surface area (TPSA) is 59.4 Å². The van der Waals surface area contributed by atoms with Crippen LogP contribution in [0.3, 0.4) is 0 Å². The summed E-state index contributed by atoms with van der Waals surface area (Å²) in [5.41, 5.74) is 5.93. The number of H-pyrrole nitrogens is 1. The maximum absolute atomic E-state index is 6.18. The molecule has 35 heavy (non-hydrogen) atoms. The summed E-state index contributed by atoms with van der Waals surface area (Å²) < 4.78 is 2.49. The Bertz CT molecular complexity index is 1180. The molecule has 188 valence electrons. The Morgan fingerprint density at radius 1 is 1.17 bits per heavy atom. The minimum atomic E-state index is -0.303. The average molecular weight is 512 g/mol. The second kappa shape index (κ2) is 10.8. The predicted octanol–water partition coefficient (Wildman–Crippen LogP) is 7.65. The first-order valence-electron chi connectivity index (χ1n) is 12.1. The van der Waals surface area contributed by atoms with Gasteiger partial charge in [0, 0.05) is 50.0 Å². The highest BCUT2D eigenvalue weighted by Gasteiger charge is 2.32. The number of allylic oxidation sites excluding steroid dienone is 2. The molecule has 1 aromatic carbocycles. The quantitative estimate of drug-likeness (QED) is 0.237. The molecule has 0 spiro atoms. The first-order valence-corrected chi connectivity index (χ1v) is 13.2. The minimum absolute atomic E-state index is 0.0404. The Kier molecular flexibility index (Phi) is 8.38. The van der Waals surface area contributed by atoms with Gasteiger partial charge in [-0.2, -0.15) is 5.21 Å². The van der Waals surface area contributed by atoms with Crippen LogP contribution >= 0.6 is 23.4 Å². The molecule has 0 radical (unpaired) electrons. The van der Waals surface area contributed by atoms with Gasteiger partial charge in [0.05, 0.1) is 0 Å². The minimum Gasteiger partial charge on any atom is -0.343 e. The van der Waals surface area contributed by atoms with E-state index in [0.717, 1.165) is 18.0 Å². The van der Waals surface area contributed by atoms with Gasteiger partial charge in [0.15, 0.2) is 5.82 Å². The molecular formula is C28H38ClN5S. The summed E-state index contributed by atoms with van der Waals surface area (Å²) in [6.45, 7) is 22.7. The third-order valence-corrected chi connectivity index (χ3v) is 7.59. The Morgan fingerprint density at radius 2 is 1.83 bits per heavy atom. The molecule has 1 N–H and O–H groups in total. The first kappa shape index (κ1) is 27.3. The van der Waals surface area contributed by atoms with Gasteiger partial charge in [-0.1, -0.05) is 90.1 Å². The van der Waals surface area contributed by atoms with Crippen LogP contribution < -0.4 is 0 Å². The number of benzene rings is 1. The standard InChI is InChI=1S/C28H38ClN5S/c1-10-21(18(2)3)15-23-19(4)34(17-20-11-13-22(29)14-12-20)24(25(23)35-27(5,6)7)16-28(8,9)26-30-32-33-31-26/h10-15,18H,1,16-17H2,2-9H3,(H,30,31,32,33)/b21-15+. The fourth-order valence-corrected chi connectivity index (χ4v) is 5.47. The molecule has 3 rings (SSSR count). The lowest BCUT2D eigenvalue weighted by Crippen LogP contribution is -2.25. The SMILES string of the molecule is C=C/C(=C\c1c(SC(C)(C)C)c(CC(C)(C)c2nn[nH]n2)n(Cc2ccc(Cl)cc2)c1C)C(C)C. The summed E-state index contributed by atoms with van der Waals surface area (Å²) >= 11 is 8.10. The number of hydrogen-bond acceptors (Lipinski definition) is 4. The van der Waals surface area contributed by atoms with Crippen molar-refractivity contribution >= 4 is 29.4 Å². The second-order valence-electron chi connectivity index (χ2n) is 11.0. The maximum atomic E-state index is 6.18. The molecule has 0 saturated carbocycles. The molecule has 0 fully saturated rings. The number of thioether (sulfide) groups is 1. The first-order chi connectivity index (χ1) is 16.3. The van der Waals surface area contributed by atoms with Crippen molar-refractivity contribution < 1.29 is 0 Å². The molecule has 0 atom stereocenters. The van der Waals surface area contributed by atoms with Gasteiger partial charge in [-0.3, -0.25) is 0 Å². The molecule has 0 saturated heterocycles. The zero-order valence-corrected chi connectivity index (χ0v) is 23.8. The van der Waals surface area contributed by atoms with E-state index < -0.39 is 0 Å². The average Bonchev–Trinajstić information content (AvgIpc) is 3.38. The van der Waals surface area contributed by atoms with Crippen LogP contribution in [0.2, 0.25) is 5.02 Å². The Labute approximate surface area is 219 Å². The zero-order valence-electron chi connectivity index (χ0n) is 22.2. The van der Waals surface area contributed by atoms with E-state index in [0.29, 0.717) is 11.7 Å². The van der Waals surface area contributed by atoms with Gasteiger partial charge in [-0.05, 0) is 42.2 Å². The molecule has 0 bridgehead atoms. The van der Waals surface area contributed by atoms with Gasteiger partial charge in [0.1, 0.15) is 0 Å². The van der Waals surface area contributed by atoms with Crippen LogP contribution in [0.5, 0.6) is 0 Å². The van der Waals surface area contributed by atoms with E-state index in [1.165, 1.54) is 33.0 Å². The fraction of sp³-hybridized carbons (Fsp3) is 0.464. The molecule has 0 unspecified atom stereocenters. The highest BCUT2D eigenvalue weighted by Crippen LogP contribution is 2.43. The van der Waals surface area contributed by atoms with Crippen molar-refractivity contribution in [3.8, 4) is 0 Å². The van der Waals surface area contributed by atoms with Gasteiger partial charge >= 0.3 is 0 Å².